The normalized spacial score (nSPS) is 19.2. The number of nitrogens with one attached hydrogen (secondary N) is 1. The number of esters is 1. The van der Waals surface area contributed by atoms with Gasteiger partial charge in [-0.15, -0.1) is 0 Å². The minimum absolute atomic E-state index is 0.138. The lowest BCUT2D eigenvalue weighted by molar-refractivity contribution is 0.00693. The molecule has 0 saturated carbocycles. The molecule has 0 radical (unpaired) electrons. The van der Waals surface area contributed by atoms with E-state index in [4.69, 9.17) is 10.5 Å². The first-order valence-electron chi connectivity index (χ1n) is 6.22. The molecule has 1 aliphatic rings. The molecule has 0 fully saturated rings. The molecule has 1 atom stereocenters. The maximum Gasteiger partial charge on any atom is 0.338 e. The van der Waals surface area contributed by atoms with Crippen LogP contribution in [-0.2, 0) is 11.2 Å². The average molecular weight is 248 g/mol. The third kappa shape index (κ3) is 2.89. The molecule has 1 aromatic rings. The second kappa shape index (κ2) is 4.71. The van der Waals surface area contributed by atoms with E-state index in [0.29, 0.717) is 5.56 Å². The van der Waals surface area contributed by atoms with E-state index in [-0.39, 0.29) is 12.1 Å². The van der Waals surface area contributed by atoms with Crippen molar-refractivity contribution in [1.29, 1.82) is 0 Å². The predicted molar refractivity (Wildman–Crippen MR) is 70.2 cm³/mol. The van der Waals surface area contributed by atoms with Crippen molar-refractivity contribution in [3.63, 3.8) is 0 Å². The maximum absolute atomic E-state index is 12.0. The zero-order valence-corrected chi connectivity index (χ0v) is 11.1. The summed E-state index contributed by atoms with van der Waals surface area (Å²) in [5, 5.41) is 3.19. The lowest BCUT2D eigenvalue weighted by Gasteiger charge is -2.24. The molecule has 0 amide bonds. The van der Waals surface area contributed by atoms with Gasteiger partial charge in [0.1, 0.15) is 5.60 Å². The maximum atomic E-state index is 12.0. The van der Waals surface area contributed by atoms with Crippen molar-refractivity contribution in [2.45, 2.75) is 39.0 Å². The van der Waals surface area contributed by atoms with Gasteiger partial charge in [0.05, 0.1) is 11.7 Å². The molecule has 0 aliphatic carbocycles. The topological polar surface area (TPSA) is 64.3 Å². The van der Waals surface area contributed by atoms with E-state index in [0.717, 1.165) is 24.1 Å². The number of rotatable bonds is 1. The second-order valence-corrected chi connectivity index (χ2v) is 5.60. The van der Waals surface area contributed by atoms with Crippen LogP contribution in [0, 0.1) is 0 Å². The Hall–Kier alpha value is -1.39. The number of carbonyl (C=O) groups excluding carboxylic acids is 1. The molecule has 0 unspecified atom stereocenters. The van der Waals surface area contributed by atoms with E-state index in [1.54, 1.807) is 6.07 Å². The number of ether oxygens (including phenoxy) is 1. The Morgan fingerprint density at radius 3 is 2.83 bits per heavy atom. The molecule has 4 nitrogen and oxygen atoms in total. The van der Waals surface area contributed by atoms with Crippen LogP contribution in [0.4, 0.5) is 0 Å². The Labute approximate surface area is 108 Å². The molecule has 0 aromatic heterocycles. The zero-order chi connectivity index (χ0) is 13.3. The number of fused-ring (bicyclic) bond motifs is 1. The Morgan fingerprint density at radius 1 is 1.44 bits per heavy atom. The molecule has 0 saturated heterocycles. The van der Waals surface area contributed by atoms with Crippen molar-refractivity contribution in [2.24, 2.45) is 5.73 Å². The van der Waals surface area contributed by atoms with Gasteiger partial charge in [-0.1, -0.05) is 6.07 Å². The van der Waals surface area contributed by atoms with Crippen molar-refractivity contribution < 1.29 is 9.53 Å². The van der Waals surface area contributed by atoms with Gasteiger partial charge >= 0.3 is 5.97 Å². The average Bonchev–Trinajstić information content (AvgIpc) is 2.26. The molecular weight excluding hydrogens is 228 g/mol. The monoisotopic (exact) mass is 248 g/mol. The van der Waals surface area contributed by atoms with Gasteiger partial charge in [-0.05, 0) is 50.5 Å². The smallest absolute Gasteiger partial charge is 0.338 e. The van der Waals surface area contributed by atoms with Crippen LogP contribution in [-0.4, -0.2) is 18.1 Å². The summed E-state index contributed by atoms with van der Waals surface area (Å²) in [5.41, 5.74) is 8.27. The van der Waals surface area contributed by atoms with Crippen LogP contribution in [0.1, 0.15) is 48.4 Å². The zero-order valence-electron chi connectivity index (χ0n) is 11.1. The quantitative estimate of drug-likeness (QED) is 0.743. The van der Waals surface area contributed by atoms with Gasteiger partial charge in [0.2, 0.25) is 0 Å². The Bertz CT molecular complexity index is 463. The van der Waals surface area contributed by atoms with E-state index < -0.39 is 5.60 Å². The lowest BCUT2D eigenvalue weighted by atomic mass is 9.96. The summed E-state index contributed by atoms with van der Waals surface area (Å²) in [6, 6.07) is 5.58. The first-order valence-corrected chi connectivity index (χ1v) is 6.22. The van der Waals surface area contributed by atoms with Crippen LogP contribution in [0.5, 0.6) is 0 Å². The van der Waals surface area contributed by atoms with E-state index in [9.17, 15) is 4.79 Å². The molecule has 98 valence electrons. The molecule has 3 N–H and O–H groups in total. The van der Waals surface area contributed by atoms with Crippen LogP contribution < -0.4 is 11.1 Å². The van der Waals surface area contributed by atoms with Crippen molar-refractivity contribution in [3.05, 3.63) is 34.9 Å². The van der Waals surface area contributed by atoms with Gasteiger partial charge in [-0.2, -0.15) is 0 Å². The van der Waals surface area contributed by atoms with E-state index >= 15 is 0 Å². The highest BCUT2D eigenvalue weighted by Crippen LogP contribution is 2.22. The van der Waals surface area contributed by atoms with Crippen molar-refractivity contribution in [2.75, 3.05) is 6.54 Å². The van der Waals surface area contributed by atoms with Crippen molar-refractivity contribution >= 4 is 5.97 Å². The first kappa shape index (κ1) is 13.1. The van der Waals surface area contributed by atoms with Gasteiger partial charge in [-0.3, -0.25) is 5.32 Å². The molecule has 0 bridgehead atoms. The van der Waals surface area contributed by atoms with Crippen LogP contribution in [0.15, 0.2) is 18.2 Å². The largest absolute Gasteiger partial charge is 0.456 e. The van der Waals surface area contributed by atoms with Gasteiger partial charge in [0, 0.05) is 6.54 Å². The molecule has 1 aliphatic heterocycles. The fourth-order valence-electron chi connectivity index (χ4n) is 2.06. The molecule has 1 aromatic carbocycles. The van der Waals surface area contributed by atoms with Gasteiger partial charge in [-0.25, -0.2) is 4.79 Å². The Morgan fingerprint density at radius 2 is 2.17 bits per heavy atom. The third-order valence-corrected chi connectivity index (χ3v) is 2.87. The summed E-state index contributed by atoms with van der Waals surface area (Å²) < 4.78 is 5.36. The summed E-state index contributed by atoms with van der Waals surface area (Å²) in [6.07, 6.45) is 0.751. The standard InChI is InChI=1S/C14H20N2O2/c1-14(2,3)18-13(17)10-4-5-11-9(8-10)6-7-16-12(11)15/h4-5,8,12,16H,6-7,15H2,1-3H3/t12-/m1/s1. The SMILES string of the molecule is CC(C)(C)OC(=O)c1ccc2c(c1)CCN[C@H]2N. The Balaban J connectivity index is 2.23. The summed E-state index contributed by atoms with van der Waals surface area (Å²) >= 11 is 0. The minimum Gasteiger partial charge on any atom is -0.456 e. The van der Waals surface area contributed by atoms with Crippen LogP contribution in [0.2, 0.25) is 0 Å². The van der Waals surface area contributed by atoms with Crippen molar-refractivity contribution in [1.82, 2.24) is 5.32 Å². The summed E-state index contributed by atoms with van der Waals surface area (Å²) in [6.45, 7) is 6.43. The highest BCUT2D eigenvalue weighted by Gasteiger charge is 2.21. The number of nitrogens with two attached hydrogens (primary N) is 1. The summed E-state index contributed by atoms with van der Waals surface area (Å²) in [4.78, 5) is 12.0. The van der Waals surface area contributed by atoms with Crippen molar-refractivity contribution in [3.8, 4) is 0 Å². The molecule has 1 heterocycles. The Kier molecular flexibility index (Phi) is 3.41. The third-order valence-electron chi connectivity index (χ3n) is 2.87. The fourth-order valence-corrected chi connectivity index (χ4v) is 2.06. The number of carbonyl (C=O) groups is 1. The fraction of sp³-hybridized carbons (Fsp3) is 0.500. The van der Waals surface area contributed by atoms with E-state index in [1.807, 2.05) is 32.9 Å². The minimum atomic E-state index is -0.467. The predicted octanol–water partition coefficient (Wildman–Crippen LogP) is 1.74. The van der Waals surface area contributed by atoms with Gasteiger partial charge in [0.15, 0.2) is 0 Å². The number of hydrogen-bond donors (Lipinski definition) is 2. The van der Waals surface area contributed by atoms with Crippen LogP contribution >= 0.6 is 0 Å². The van der Waals surface area contributed by atoms with Gasteiger partial charge in [0.25, 0.3) is 0 Å². The highest BCUT2D eigenvalue weighted by atomic mass is 16.6. The second-order valence-electron chi connectivity index (χ2n) is 5.60. The molecule has 18 heavy (non-hydrogen) atoms. The lowest BCUT2D eigenvalue weighted by Crippen LogP contribution is -2.35. The summed E-state index contributed by atoms with van der Waals surface area (Å²) in [7, 11) is 0. The first-order chi connectivity index (χ1) is 8.37. The highest BCUT2D eigenvalue weighted by molar-refractivity contribution is 5.90. The molecule has 0 spiro atoms. The molecular formula is C14H20N2O2. The van der Waals surface area contributed by atoms with Crippen LogP contribution in [0.25, 0.3) is 0 Å². The molecule has 2 rings (SSSR count). The van der Waals surface area contributed by atoms with Crippen LogP contribution in [0.3, 0.4) is 0 Å². The van der Waals surface area contributed by atoms with E-state index in [1.165, 1.54) is 0 Å². The molecule has 4 heteroatoms. The number of hydrogen-bond acceptors (Lipinski definition) is 4. The van der Waals surface area contributed by atoms with E-state index in [2.05, 4.69) is 5.32 Å². The number of benzene rings is 1. The van der Waals surface area contributed by atoms with Gasteiger partial charge < -0.3 is 10.5 Å². The summed E-state index contributed by atoms with van der Waals surface area (Å²) in [5.74, 6) is -0.280.